The quantitative estimate of drug-likeness (QED) is 0.475. The van der Waals surface area contributed by atoms with Crippen LogP contribution in [0.15, 0.2) is 42.7 Å². The van der Waals surface area contributed by atoms with Gasteiger partial charge in [-0.05, 0) is 47.7 Å². The number of fused-ring (bicyclic) bond motifs is 4. The zero-order chi connectivity index (χ0) is 18.4. The number of carbonyl (C=O) groups is 1. The number of carbonyl (C=O) groups excluding carboxylic acids is 1. The highest BCUT2D eigenvalue weighted by atomic mass is 32.1. The van der Waals surface area contributed by atoms with Gasteiger partial charge in [-0.15, -0.1) is 11.3 Å². The predicted molar refractivity (Wildman–Crippen MR) is 105 cm³/mol. The van der Waals surface area contributed by atoms with Crippen molar-refractivity contribution < 1.29 is 14.3 Å². The first-order chi connectivity index (χ1) is 13.2. The number of rotatable bonds is 3. The second-order valence-corrected chi connectivity index (χ2v) is 7.59. The molecule has 0 atom stereocenters. The Bertz CT molecular complexity index is 1200. The molecule has 0 aliphatic heterocycles. The van der Waals surface area contributed by atoms with E-state index in [-0.39, 0.29) is 0 Å². The summed E-state index contributed by atoms with van der Waals surface area (Å²) in [4.78, 5) is 23.4. The highest BCUT2D eigenvalue weighted by Crippen LogP contribution is 2.41. The van der Waals surface area contributed by atoms with Gasteiger partial charge in [0.15, 0.2) is 0 Å². The van der Waals surface area contributed by atoms with Crippen LogP contribution in [0.1, 0.15) is 27.2 Å². The van der Waals surface area contributed by atoms with Crippen molar-refractivity contribution in [2.45, 2.75) is 19.3 Å². The van der Waals surface area contributed by atoms with Crippen LogP contribution in [-0.2, 0) is 17.6 Å². The van der Waals surface area contributed by atoms with E-state index in [1.165, 1.54) is 23.9 Å². The number of nitrogens with zero attached hydrogens (tertiary/aromatic N) is 2. The Kier molecular flexibility index (Phi) is 3.79. The summed E-state index contributed by atoms with van der Waals surface area (Å²) in [6.45, 7) is 0. The van der Waals surface area contributed by atoms with Crippen LogP contribution in [0.3, 0.4) is 0 Å². The normalized spacial score (nSPS) is 13.1. The van der Waals surface area contributed by atoms with E-state index >= 15 is 0 Å². The summed E-state index contributed by atoms with van der Waals surface area (Å²) in [7, 11) is 1.37. The van der Waals surface area contributed by atoms with Crippen LogP contribution in [0.4, 0.5) is 0 Å². The summed E-state index contributed by atoms with van der Waals surface area (Å²) in [5, 5.41) is 2.91. The summed E-state index contributed by atoms with van der Waals surface area (Å²) >= 11 is 1.71. The molecule has 0 bridgehead atoms. The van der Waals surface area contributed by atoms with Gasteiger partial charge < -0.3 is 9.47 Å². The molecule has 2 heterocycles. The predicted octanol–water partition coefficient (Wildman–Crippen LogP) is 4.91. The highest BCUT2D eigenvalue weighted by molar-refractivity contribution is 7.18. The molecule has 0 saturated heterocycles. The third kappa shape index (κ3) is 2.64. The van der Waals surface area contributed by atoms with E-state index in [0.29, 0.717) is 17.2 Å². The number of esters is 1. The molecule has 0 saturated carbocycles. The van der Waals surface area contributed by atoms with Gasteiger partial charge in [0.25, 0.3) is 0 Å². The number of hydrogen-bond donors (Lipinski definition) is 0. The van der Waals surface area contributed by atoms with Crippen molar-refractivity contribution >= 4 is 38.3 Å². The lowest BCUT2D eigenvalue weighted by Crippen LogP contribution is -2.04. The molecule has 1 aliphatic carbocycles. The van der Waals surface area contributed by atoms with Crippen molar-refractivity contribution in [2.75, 3.05) is 7.11 Å². The van der Waals surface area contributed by atoms with E-state index in [0.717, 1.165) is 40.3 Å². The number of aryl methyl sites for hydroxylation is 2. The average molecular weight is 376 g/mol. The Balaban J connectivity index is 1.68. The highest BCUT2D eigenvalue weighted by Gasteiger charge is 2.23. The molecular weight excluding hydrogens is 360 g/mol. The van der Waals surface area contributed by atoms with Crippen LogP contribution >= 0.6 is 11.3 Å². The van der Waals surface area contributed by atoms with Crippen molar-refractivity contribution in [3.63, 3.8) is 0 Å². The fourth-order valence-electron chi connectivity index (χ4n) is 3.65. The number of aromatic nitrogens is 2. The Hall–Kier alpha value is -2.99. The second-order valence-electron chi connectivity index (χ2n) is 6.51. The topological polar surface area (TPSA) is 61.3 Å². The zero-order valence-corrected chi connectivity index (χ0v) is 15.5. The number of hydrogen-bond acceptors (Lipinski definition) is 6. The van der Waals surface area contributed by atoms with Crippen LogP contribution in [0.5, 0.6) is 11.6 Å². The van der Waals surface area contributed by atoms with Crippen molar-refractivity contribution in [1.82, 2.24) is 9.97 Å². The van der Waals surface area contributed by atoms with Crippen LogP contribution in [0.25, 0.3) is 21.0 Å². The summed E-state index contributed by atoms with van der Waals surface area (Å²) in [5.41, 5.74) is 1.67. The molecule has 0 amide bonds. The van der Waals surface area contributed by atoms with Gasteiger partial charge in [0.2, 0.25) is 5.88 Å². The Morgan fingerprint density at radius 2 is 1.93 bits per heavy atom. The van der Waals surface area contributed by atoms with Crippen molar-refractivity contribution in [2.24, 2.45) is 0 Å². The maximum absolute atomic E-state index is 12.3. The van der Waals surface area contributed by atoms with Gasteiger partial charge in [0, 0.05) is 4.88 Å². The molecule has 4 aromatic rings. The van der Waals surface area contributed by atoms with Crippen LogP contribution in [-0.4, -0.2) is 23.0 Å². The molecule has 0 unspecified atom stereocenters. The Morgan fingerprint density at radius 3 is 2.74 bits per heavy atom. The lowest BCUT2D eigenvalue weighted by molar-refractivity contribution is 0.0598. The third-order valence-corrected chi connectivity index (χ3v) is 6.13. The maximum Gasteiger partial charge on any atom is 0.341 e. The van der Waals surface area contributed by atoms with E-state index in [4.69, 9.17) is 9.47 Å². The molecule has 0 N–H and O–H groups in total. The van der Waals surface area contributed by atoms with Gasteiger partial charge in [0.1, 0.15) is 22.5 Å². The SMILES string of the molecule is COC(=O)c1cc2ccccc2cc1Oc1ncnc2sc3c(c12)CCC3. The van der Waals surface area contributed by atoms with E-state index in [1.54, 1.807) is 17.4 Å². The first-order valence-electron chi connectivity index (χ1n) is 8.79. The molecule has 0 spiro atoms. The molecule has 0 fully saturated rings. The lowest BCUT2D eigenvalue weighted by atomic mass is 10.1. The third-order valence-electron chi connectivity index (χ3n) is 4.93. The number of ether oxygens (including phenoxy) is 2. The lowest BCUT2D eigenvalue weighted by Gasteiger charge is -2.12. The Labute approximate surface area is 159 Å². The minimum Gasteiger partial charge on any atom is -0.465 e. The first-order valence-corrected chi connectivity index (χ1v) is 9.60. The van der Waals surface area contributed by atoms with Gasteiger partial charge >= 0.3 is 5.97 Å². The smallest absolute Gasteiger partial charge is 0.341 e. The van der Waals surface area contributed by atoms with Crippen molar-refractivity contribution in [1.29, 1.82) is 0 Å². The number of benzene rings is 2. The van der Waals surface area contributed by atoms with Gasteiger partial charge in [-0.25, -0.2) is 14.8 Å². The molecule has 5 nitrogen and oxygen atoms in total. The van der Waals surface area contributed by atoms with Crippen LogP contribution in [0, 0.1) is 0 Å². The minimum absolute atomic E-state index is 0.384. The molecule has 2 aromatic carbocycles. The second kappa shape index (κ2) is 6.32. The molecule has 2 aromatic heterocycles. The summed E-state index contributed by atoms with van der Waals surface area (Å²) in [6.07, 6.45) is 4.76. The number of thiophene rings is 1. The Morgan fingerprint density at radius 1 is 1.11 bits per heavy atom. The first kappa shape index (κ1) is 16.2. The minimum atomic E-state index is -0.434. The van der Waals surface area contributed by atoms with Crippen molar-refractivity contribution in [3.05, 3.63) is 58.7 Å². The van der Waals surface area contributed by atoms with E-state index < -0.39 is 5.97 Å². The zero-order valence-electron chi connectivity index (χ0n) is 14.7. The monoisotopic (exact) mass is 376 g/mol. The fourth-order valence-corrected chi connectivity index (χ4v) is 4.87. The van der Waals surface area contributed by atoms with Crippen LogP contribution < -0.4 is 4.74 Å². The van der Waals surface area contributed by atoms with Gasteiger partial charge in [-0.3, -0.25) is 0 Å². The van der Waals surface area contributed by atoms with Gasteiger partial charge in [-0.1, -0.05) is 24.3 Å². The van der Waals surface area contributed by atoms with E-state index in [1.807, 2.05) is 30.3 Å². The molecule has 134 valence electrons. The van der Waals surface area contributed by atoms with Crippen molar-refractivity contribution in [3.8, 4) is 11.6 Å². The molecule has 6 heteroatoms. The van der Waals surface area contributed by atoms with Gasteiger partial charge in [-0.2, -0.15) is 0 Å². The molecule has 0 radical (unpaired) electrons. The standard InChI is InChI=1S/C21H16N2O3S/c1-25-21(24)15-9-12-5-2-3-6-13(12)10-16(15)26-19-18-14-7-4-8-17(14)27-20(18)23-11-22-19/h2-3,5-6,9-11H,4,7-8H2,1H3. The summed E-state index contributed by atoms with van der Waals surface area (Å²) < 4.78 is 11.2. The molecule has 5 rings (SSSR count). The van der Waals surface area contributed by atoms with E-state index in [9.17, 15) is 4.79 Å². The number of methoxy groups -OCH3 is 1. The molecule has 1 aliphatic rings. The van der Waals surface area contributed by atoms with E-state index in [2.05, 4.69) is 9.97 Å². The van der Waals surface area contributed by atoms with Gasteiger partial charge in [0.05, 0.1) is 12.5 Å². The summed E-state index contributed by atoms with van der Waals surface area (Å²) in [6, 6.07) is 11.5. The van der Waals surface area contributed by atoms with Crippen LogP contribution in [0.2, 0.25) is 0 Å². The maximum atomic E-state index is 12.3. The largest absolute Gasteiger partial charge is 0.465 e. The fraction of sp³-hybridized carbons (Fsp3) is 0.190. The molecular formula is C21H16N2O3S. The molecule has 27 heavy (non-hydrogen) atoms. The summed E-state index contributed by atoms with van der Waals surface area (Å²) in [5.74, 6) is 0.509. The average Bonchev–Trinajstić information content (AvgIpc) is 3.28.